The van der Waals surface area contributed by atoms with Crippen molar-refractivity contribution in [1.82, 2.24) is 4.98 Å². The summed E-state index contributed by atoms with van der Waals surface area (Å²) in [7, 11) is 0. The first kappa shape index (κ1) is 15.2. The molecule has 0 saturated heterocycles. The van der Waals surface area contributed by atoms with E-state index >= 15 is 0 Å². The van der Waals surface area contributed by atoms with E-state index in [9.17, 15) is 14.7 Å². The predicted molar refractivity (Wildman–Crippen MR) is 103 cm³/mol. The molecule has 0 amide bonds. The Morgan fingerprint density at radius 2 is 1.50 bits per heavy atom. The van der Waals surface area contributed by atoms with E-state index in [2.05, 4.69) is 95.3 Å². The summed E-state index contributed by atoms with van der Waals surface area (Å²) in [4.78, 5) is 25.5. The summed E-state index contributed by atoms with van der Waals surface area (Å²) in [6.45, 7) is 0. The lowest BCUT2D eigenvalue weighted by Crippen LogP contribution is -2.22. The minimum absolute atomic E-state index is 0.176. The Morgan fingerprint density at radius 1 is 0.944 bits per heavy atom. The molecule has 8 heteroatoms. The smallest absolute Gasteiger partial charge is 0.296 e. The van der Waals surface area contributed by atoms with Gasteiger partial charge in [-0.25, -0.2) is 0 Å². The van der Waals surface area contributed by atoms with Crippen molar-refractivity contribution in [2.75, 3.05) is 0 Å². The number of H-pyrrole nitrogens is 1. The number of benzene rings is 1. The number of hydrogen-bond acceptors (Lipinski definition) is 3. The van der Waals surface area contributed by atoms with Crippen LogP contribution in [0.1, 0.15) is 0 Å². The van der Waals surface area contributed by atoms with Gasteiger partial charge in [0.05, 0.1) is 14.5 Å². The van der Waals surface area contributed by atoms with Crippen LogP contribution in [0.2, 0.25) is 0 Å². The van der Waals surface area contributed by atoms with Crippen molar-refractivity contribution in [2.45, 2.75) is 0 Å². The molecule has 0 radical (unpaired) electrons. The quantitative estimate of drug-likeness (QED) is 0.193. The third-order valence-electron chi connectivity index (χ3n) is 2.25. The number of aromatic nitrogens is 1. The Labute approximate surface area is 156 Å². The third-order valence-corrected chi connectivity index (χ3v) is 9.66. The number of halogens is 4. The fourth-order valence-electron chi connectivity index (χ4n) is 1.43. The maximum atomic E-state index is 11.6. The van der Waals surface area contributed by atoms with Gasteiger partial charge < -0.3 is 10.1 Å². The molecule has 1 heterocycles. The lowest BCUT2D eigenvalue weighted by molar-refractivity contribution is 0.481. The maximum Gasteiger partial charge on any atom is 0.296 e. The Hall–Kier alpha value is 0.820. The zero-order chi connectivity index (χ0) is 13.6. The molecule has 0 aliphatic rings. The molecule has 0 fully saturated rings. The second-order valence-corrected chi connectivity index (χ2v) is 7.67. The van der Waals surface area contributed by atoms with Crippen molar-refractivity contribution in [3.8, 4) is 5.75 Å². The van der Waals surface area contributed by atoms with Crippen LogP contribution >= 0.6 is 90.4 Å². The van der Waals surface area contributed by atoms with Gasteiger partial charge in [-0.3, -0.25) is 9.59 Å². The van der Waals surface area contributed by atoms with Crippen LogP contribution < -0.4 is 11.0 Å². The van der Waals surface area contributed by atoms with Gasteiger partial charge in [0.25, 0.3) is 5.56 Å². The van der Waals surface area contributed by atoms with Crippen LogP contribution in [-0.2, 0) is 0 Å². The molecule has 2 N–H and O–H groups in total. The standard InChI is InChI=1S/C10H3I4NO3/c11-5-4-2(16)1-3(17)10(18)15-9(4)8(14)7(13)6(5)12/h1,16H,(H,15,17,18). The normalized spacial score (nSPS) is 10.9. The van der Waals surface area contributed by atoms with Gasteiger partial charge in [-0.1, -0.05) is 0 Å². The highest BCUT2D eigenvalue weighted by molar-refractivity contribution is 14.1. The summed E-state index contributed by atoms with van der Waals surface area (Å²) in [5.74, 6) is -0.176. The minimum atomic E-state index is -0.750. The number of hydrogen-bond donors (Lipinski definition) is 2. The third kappa shape index (κ3) is 2.53. The van der Waals surface area contributed by atoms with Gasteiger partial charge in [0.1, 0.15) is 5.75 Å². The van der Waals surface area contributed by atoms with Crippen LogP contribution in [0.3, 0.4) is 0 Å². The van der Waals surface area contributed by atoms with Gasteiger partial charge in [-0.15, -0.1) is 0 Å². The Bertz CT molecular complexity index is 785. The van der Waals surface area contributed by atoms with E-state index in [-0.39, 0.29) is 5.75 Å². The van der Waals surface area contributed by atoms with Crippen molar-refractivity contribution in [3.63, 3.8) is 0 Å². The van der Waals surface area contributed by atoms with Gasteiger partial charge in [0.15, 0.2) is 0 Å². The minimum Gasteiger partial charge on any atom is -0.507 e. The molecule has 0 aliphatic heterocycles. The first-order chi connectivity index (χ1) is 8.34. The molecular formula is C10H3I4NO3. The van der Waals surface area contributed by atoms with Crippen LogP contribution in [0.5, 0.6) is 5.75 Å². The topological polar surface area (TPSA) is 70.2 Å². The van der Waals surface area contributed by atoms with Gasteiger partial charge in [-0.05, 0) is 90.4 Å². The van der Waals surface area contributed by atoms with Gasteiger partial charge in [-0.2, -0.15) is 0 Å². The Kier molecular flexibility index (Phi) is 4.79. The van der Waals surface area contributed by atoms with E-state index in [1.165, 1.54) is 0 Å². The lowest BCUT2D eigenvalue weighted by Gasteiger charge is -2.08. The largest absolute Gasteiger partial charge is 0.507 e. The fraction of sp³-hybridized carbons (Fsp3) is 0. The molecule has 94 valence electrons. The van der Waals surface area contributed by atoms with Crippen molar-refractivity contribution in [1.29, 1.82) is 0 Å². The zero-order valence-corrected chi connectivity index (χ0v) is 17.0. The van der Waals surface area contributed by atoms with E-state index in [1.54, 1.807) is 0 Å². The number of aromatic amines is 1. The first-order valence-corrected chi connectivity index (χ1v) is 8.78. The summed E-state index contributed by atoms with van der Waals surface area (Å²) in [6, 6.07) is 0.961. The van der Waals surface area contributed by atoms with Crippen molar-refractivity contribution in [2.24, 2.45) is 0 Å². The van der Waals surface area contributed by atoms with Crippen LogP contribution in [-0.4, -0.2) is 10.1 Å². The van der Waals surface area contributed by atoms with Gasteiger partial charge in [0, 0.05) is 16.8 Å². The molecule has 1 aromatic heterocycles. The van der Waals surface area contributed by atoms with Crippen molar-refractivity contribution in [3.05, 3.63) is 40.9 Å². The zero-order valence-electron chi connectivity index (χ0n) is 8.35. The summed E-state index contributed by atoms with van der Waals surface area (Å²) < 4.78 is 3.60. The van der Waals surface area contributed by atoms with E-state index < -0.39 is 11.0 Å². The average molecular weight is 693 g/mol. The molecular weight excluding hydrogens is 690 g/mol. The molecule has 0 spiro atoms. The van der Waals surface area contributed by atoms with E-state index in [1.807, 2.05) is 0 Å². The molecule has 4 nitrogen and oxygen atoms in total. The van der Waals surface area contributed by atoms with E-state index in [0.717, 1.165) is 20.3 Å². The molecule has 2 aromatic rings. The van der Waals surface area contributed by atoms with Crippen LogP contribution in [0, 0.1) is 14.3 Å². The number of rotatable bonds is 0. The number of aromatic hydroxyl groups is 1. The SMILES string of the molecule is O=c1cc(O)c2c(I)c(I)c(I)c(I)c2[nH]c1=O. The highest BCUT2D eigenvalue weighted by Crippen LogP contribution is 2.36. The van der Waals surface area contributed by atoms with Crippen LogP contribution in [0.15, 0.2) is 15.7 Å². The number of fused-ring (bicyclic) bond motifs is 1. The molecule has 0 bridgehead atoms. The van der Waals surface area contributed by atoms with Gasteiger partial charge >= 0.3 is 0 Å². The predicted octanol–water partition coefficient (Wildman–Crippen LogP) is 3.01. The molecule has 1 aromatic carbocycles. The van der Waals surface area contributed by atoms with E-state index in [4.69, 9.17) is 0 Å². The summed E-state index contributed by atoms with van der Waals surface area (Å²) in [5.41, 5.74) is -0.985. The fourth-order valence-corrected chi connectivity index (χ4v) is 5.03. The Morgan fingerprint density at radius 3 is 2.11 bits per heavy atom. The average Bonchev–Trinajstić information content (AvgIpc) is 2.42. The highest BCUT2D eigenvalue weighted by Gasteiger charge is 2.16. The van der Waals surface area contributed by atoms with Crippen molar-refractivity contribution >= 4 is 101 Å². The molecule has 0 unspecified atom stereocenters. The van der Waals surface area contributed by atoms with Gasteiger partial charge in [0.2, 0.25) is 5.43 Å². The lowest BCUT2D eigenvalue weighted by atomic mass is 10.2. The second-order valence-electron chi connectivity index (χ2n) is 3.35. The Balaban J connectivity index is 3.28. The molecule has 0 aliphatic carbocycles. The molecule has 2 rings (SSSR count). The highest BCUT2D eigenvalue weighted by atomic mass is 127. The maximum absolute atomic E-state index is 11.6. The molecule has 18 heavy (non-hydrogen) atoms. The number of nitrogens with one attached hydrogen (secondary N) is 1. The summed E-state index contributed by atoms with van der Waals surface area (Å²) in [6.07, 6.45) is 0. The molecule has 0 saturated carbocycles. The monoisotopic (exact) mass is 693 g/mol. The summed E-state index contributed by atoms with van der Waals surface area (Å²) >= 11 is 8.55. The first-order valence-electron chi connectivity index (χ1n) is 4.47. The molecule has 0 atom stereocenters. The second kappa shape index (κ2) is 5.67. The van der Waals surface area contributed by atoms with Crippen LogP contribution in [0.4, 0.5) is 0 Å². The van der Waals surface area contributed by atoms with Crippen LogP contribution in [0.25, 0.3) is 10.9 Å². The summed E-state index contributed by atoms with van der Waals surface area (Å²) in [5, 5.41) is 10.5. The van der Waals surface area contributed by atoms with E-state index in [0.29, 0.717) is 10.9 Å². The van der Waals surface area contributed by atoms with Crippen molar-refractivity contribution < 1.29 is 5.11 Å².